The largest absolute Gasteiger partial charge is 0.382 e. The molecule has 0 unspecified atom stereocenters. The Labute approximate surface area is 91.8 Å². The summed E-state index contributed by atoms with van der Waals surface area (Å²) in [5, 5.41) is 6.74. The number of anilines is 2. The third-order valence-corrected chi connectivity index (χ3v) is 2.58. The molecule has 4 heteroatoms. The molecule has 15 heavy (non-hydrogen) atoms. The molecule has 0 amide bonds. The number of hydrogen-bond acceptors (Lipinski definition) is 3. The highest BCUT2D eigenvalue weighted by Crippen LogP contribution is 2.22. The van der Waals surface area contributed by atoms with Crippen LogP contribution in [-0.4, -0.2) is 22.8 Å². The van der Waals surface area contributed by atoms with Gasteiger partial charge in [-0.25, -0.2) is 0 Å². The molecular weight excluding hydrogens is 188 g/mol. The van der Waals surface area contributed by atoms with E-state index in [0.717, 1.165) is 12.2 Å². The number of hydrogen-bond donors (Lipinski definition) is 2. The van der Waals surface area contributed by atoms with Crippen molar-refractivity contribution in [2.24, 2.45) is 0 Å². The fourth-order valence-corrected chi connectivity index (χ4v) is 1.71. The van der Waals surface area contributed by atoms with Crippen LogP contribution in [-0.2, 0) is 0 Å². The predicted octanol–water partition coefficient (Wildman–Crippen LogP) is 2.40. The van der Waals surface area contributed by atoms with Crippen LogP contribution >= 0.6 is 0 Å². The van der Waals surface area contributed by atoms with E-state index in [-0.39, 0.29) is 0 Å². The van der Waals surface area contributed by atoms with Crippen molar-refractivity contribution in [1.29, 1.82) is 0 Å². The van der Waals surface area contributed by atoms with Crippen LogP contribution in [0.3, 0.4) is 0 Å². The molecule has 0 spiro atoms. The van der Waals surface area contributed by atoms with Gasteiger partial charge in [0.1, 0.15) is 5.82 Å². The summed E-state index contributed by atoms with van der Waals surface area (Å²) in [5.41, 5.74) is 6.85. The predicted molar refractivity (Wildman–Crippen MR) is 65.0 cm³/mol. The number of rotatable bonds is 6. The number of nitrogens with two attached hydrogens (primary N) is 1. The van der Waals surface area contributed by atoms with E-state index in [2.05, 4.69) is 35.9 Å². The molecule has 0 saturated heterocycles. The molecule has 0 saturated carbocycles. The lowest BCUT2D eigenvalue weighted by molar-refractivity contribution is 0.627. The average molecular weight is 210 g/mol. The molecule has 1 heterocycles. The molecule has 0 bridgehead atoms. The van der Waals surface area contributed by atoms with Gasteiger partial charge in [-0.3, -0.25) is 5.10 Å². The van der Waals surface area contributed by atoms with Gasteiger partial charge in [0.2, 0.25) is 0 Å². The van der Waals surface area contributed by atoms with Gasteiger partial charge >= 0.3 is 0 Å². The highest BCUT2D eigenvalue weighted by atomic mass is 15.2. The van der Waals surface area contributed by atoms with Crippen molar-refractivity contribution in [2.45, 2.75) is 46.1 Å². The summed E-state index contributed by atoms with van der Waals surface area (Å²) in [4.78, 5) is 2.30. The molecule has 0 fully saturated rings. The van der Waals surface area contributed by atoms with Crippen LogP contribution in [0.15, 0.2) is 6.20 Å². The highest BCUT2D eigenvalue weighted by Gasteiger charge is 2.14. The summed E-state index contributed by atoms with van der Waals surface area (Å²) in [5.74, 6) is 0.667. The second-order valence-corrected chi connectivity index (χ2v) is 4.16. The second-order valence-electron chi connectivity index (χ2n) is 4.16. The van der Waals surface area contributed by atoms with Crippen molar-refractivity contribution >= 4 is 11.5 Å². The van der Waals surface area contributed by atoms with Gasteiger partial charge in [0.25, 0.3) is 0 Å². The summed E-state index contributed by atoms with van der Waals surface area (Å²) >= 11 is 0. The highest BCUT2D eigenvalue weighted by molar-refractivity contribution is 5.62. The van der Waals surface area contributed by atoms with Crippen LogP contribution in [0.25, 0.3) is 0 Å². The topological polar surface area (TPSA) is 57.9 Å². The van der Waals surface area contributed by atoms with Crippen LogP contribution in [0.5, 0.6) is 0 Å². The van der Waals surface area contributed by atoms with Crippen LogP contribution in [0.2, 0.25) is 0 Å². The van der Waals surface area contributed by atoms with E-state index < -0.39 is 0 Å². The average Bonchev–Trinajstić information content (AvgIpc) is 2.59. The number of unbranched alkanes of at least 4 members (excludes halogenated alkanes) is 2. The first kappa shape index (κ1) is 11.9. The summed E-state index contributed by atoms with van der Waals surface area (Å²) in [6.45, 7) is 7.62. The normalized spacial score (nSPS) is 10.9. The standard InChI is InChI=1S/C11H22N4/c1-4-5-6-7-15(9(2)3)10-8-13-14-11(10)12/h8-9H,4-7H2,1-3H3,(H3,12,13,14). The van der Waals surface area contributed by atoms with E-state index in [1.165, 1.54) is 19.3 Å². The van der Waals surface area contributed by atoms with Crippen molar-refractivity contribution in [1.82, 2.24) is 10.2 Å². The number of aromatic nitrogens is 2. The Morgan fingerprint density at radius 1 is 1.47 bits per heavy atom. The van der Waals surface area contributed by atoms with Crippen LogP contribution in [0.4, 0.5) is 11.5 Å². The first-order chi connectivity index (χ1) is 7.16. The third kappa shape index (κ3) is 3.15. The number of H-pyrrole nitrogens is 1. The molecule has 0 atom stereocenters. The molecule has 1 rings (SSSR count). The Morgan fingerprint density at radius 2 is 2.20 bits per heavy atom. The summed E-state index contributed by atoms with van der Waals surface area (Å²) in [6, 6.07) is 0.460. The minimum absolute atomic E-state index is 0.460. The van der Waals surface area contributed by atoms with Crippen LogP contribution in [0, 0.1) is 0 Å². The fraction of sp³-hybridized carbons (Fsp3) is 0.727. The molecule has 0 radical (unpaired) electrons. The minimum Gasteiger partial charge on any atom is -0.382 e. The zero-order chi connectivity index (χ0) is 11.3. The first-order valence-electron chi connectivity index (χ1n) is 5.72. The van der Waals surface area contributed by atoms with Crippen molar-refractivity contribution in [3.8, 4) is 0 Å². The number of nitrogen functional groups attached to an aromatic ring is 1. The van der Waals surface area contributed by atoms with E-state index in [9.17, 15) is 0 Å². The molecule has 86 valence electrons. The first-order valence-corrected chi connectivity index (χ1v) is 5.72. The molecule has 0 aromatic carbocycles. The van der Waals surface area contributed by atoms with Crippen molar-refractivity contribution < 1.29 is 0 Å². The SMILES string of the molecule is CCCCCN(c1cn[nH]c1N)C(C)C. The maximum absolute atomic E-state index is 5.82. The molecule has 0 aliphatic heterocycles. The van der Waals surface area contributed by atoms with Gasteiger partial charge in [-0.1, -0.05) is 19.8 Å². The lowest BCUT2D eigenvalue weighted by Crippen LogP contribution is -2.32. The lowest BCUT2D eigenvalue weighted by Gasteiger charge is -2.27. The minimum atomic E-state index is 0.460. The Bertz CT molecular complexity index is 280. The van der Waals surface area contributed by atoms with Crippen molar-refractivity contribution in [3.63, 3.8) is 0 Å². The summed E-state index contributed by atoms with van der Waals surface area (Å²) < 4.78 is 0. The fourth-order valence-electron chi connectivity index (χ4n) is 1.71. The maximum atomic E-state index is 5.82. The Kier molecular flexibility index (Phi) is 4.46. The smallest absolute Gasteiger partial charge is 0.142 e. The van der Waals surface area contributed by atoms with E-state index in [0.29, 0.717) is 11.9 Å². The van der Waals surface area contributed by atoms with Gasteiger partial charge in [-0.05, 0) is 20.3 Å². The monoisotopic (exact) mass is 210 g/mol. The Hall–Kier alpha value is -1.19. The Morgan fingerprint density at radius 3 is 2.67 bits per heavy atom. The number of nitrogens with zero attached hydrogens (tertiary/aromatic N) is 2. The summed E-state index contributed by atoms with van der Waals surface area (Å²) in [6.07, 6.45) is 5.52. The summed E-state index contributed by atoms with van der Waals surface area (Å²) in [7, 11) is 0. The molecule has 1 aromatic rings. The quantitative estimate of drug-likeness (QED) is 0.709. The van der Waals surface area contributed by atoms with Crippen LogP contribution in [0.1, 0.15) is 40.0 Å². The van der Waals surface area contributed by atoms with Gasteiger partial charge in [-0.2, -0.15) is 5.10 Å². The third-order valence-electron chi connectivity index (χ3n) is 2.58. The van der Waals surface area contributed by atoms with E-state index in [4.69, 9.17) is 5.73 Å². The molecular formula is C11H22N4. The Balaban J connectivity index is 2.62. The van der Waals surface area contributed by atoms with Crippen LogP contribution < -0.4 is 10.6 Å². The zero-order valence-electron chi connectivity index (χ0n) is 9.95. The zero-order valence-corrected chi connectivity index (χ0v) is 9.95. The second kappa shape index (κ2) is 5.63. The molecule has 0 aliphatic rings. The van der Waals surface area contributed by atoms with Gasteiger partial charge in [0.05, 0.1) is 11.9 Å². The molecule has 0 aliphatic carbocycles. The van der Waals surface area contributed by atoms with Gasteiger partial charge in [0, 0.05) is 12.6 Å². The van der Waals surface area contributed by atoms with Gasteiger partial charge < -0.3 is 10.6 Å². The number of aromatic amines is 1. The molecule has 1 aromatic heterocycles. The lowest BCUT2D eigenvalue weighted by atomic mass is 10.2. The maximum Gasteiger partial charge on any atom is 0.142 e. The van der Waals surface area contributed by atoms with Crippen molar-refractivity contribution in [3.05, 3.63) is 6.20 Å². The number of nitrogens with one attached hydrogen (secondary N) is 1. The van der Waals surface area contributed by atoms with Gasteiger partial charge in [0.15, 0.2) is 0 Å². The van der Waals surface area contributed by atoms with Gasteiger partial charge in [-0.15, -0.1) is 0 Å². The van der Waals surface area contributed by atoms with E-state index >= 15 is 0 Å². The van der Waals surface area contributed by atoms with E-state index in [1.807, 2.05) is 0 Å². The molecule has 4 nitrogen and oxygen atoms in total. The van der Waals surface area contributed by atoms with E-state index in [1.54, 1.807) is 6.20 Å². The molecule has 3 N–H and O–H groups in total. The van der Waals surface area contributed by atoms with Crippen molar-refractivity contribution in [2.75, 3.05) is 17.2 Å².